The van der Waals surface area contributed by atoms with Gasteiger partial charge in [0.15, 0.2) is 5.78 Å². The Kier molecular flexibility index (Phi) is 4.40. The van der Waals surface area contributed by atoms with Crippen LogP contribution in [0.4, 0.5) is 0 Å². The van der Waals surface area contributed by atoms with Gasteiger partial charge in [-0.2, -0.15) is 0 Å². The Morgan fingerprint density at radius 1 is 1.17 bits per heavy atom. The number of methoxy groups -OCH3 is 1. The van der Waals surface area contributed by atoms with Crippen molar-refractivity contribution >= 4 is 5.78 Å². The summed E-state index contributed by atoms with van der Waals surface area (Å²) >= 11 is 0. The van der Waals surface area contributed by atoms with Gasteiger partial charge in [-0.25, -0.2) is 0 Å². The fourth-order valence-corrected chi connectivity index (χ4v) is 2.80. The third kappa shape index (κ3) is 2.92. The number of aryl methyl sites for hydroxylation is 1. The summed E-state index contributed by atoms with van der Waals surface area (Å²) in [4.78, 5) is 12.5. The molecule has 0 unspecified atom stereocenters. The second kappa shape index (κ2) is 6.03. The van der Waals surface area contributed by atoms with E-state index in [9.17, 15) is 4.79 Å². The van der Waals surface area contributed by atoms with Gasteiger partial charge in [-0.1, -0.05) is 25.7 Å². The Hall–Kier alpha value is -1.31. The van der Waals surface area contributed by atoms with Crippen LogP contribution in [0.2, 0.25) is 0 Å². The van der Waals surface area contributed by atoms with Crippen LogP contribution in [0.3, 0.4) is 0 Å². The molecular weight excluding hydrogens is 224 g/mol. The summed E-state index contributed by atoms with van der Waals surface area (Å²) < 4.78 is 5.18. The SMILES string of the molecule is COc1ccc(C(=O)C2CCCCCC2)c(C)c1. The van der Waals surface area contributed by atoms with Gasteiger partial charge in [0.2, 0.25) is 0 Å². The number of ether oxygens (including phenoxy) is 1. The molecule has 1 saturated carbocycles. The fourth-order valence-electron chi connectivity index (χ4n) is 2.80. The molecule has 2 heteroatoms. The summed E-state index contributed by atoms with van der Waals surface area (Å²) in [5.74, 6) is 1.39. The molecule has 1 fully saturated rings. The first-order valence-electron chi connectivity index (χ1n) is 6.91. The van der Waals surface area contributed by atoms with Gasteiger partial charge in [-0.15, -0.1) is 0 Å². The third-order valence-electron chi connectivity index (χ3n) is 3.92. The number of ketones is 1. The smallest absolute Gasteiger partial charge is 0.166 e. The van der Waals surface area contributed by atoms with Crippen molar-refractivity contribution in [2.24, 2.45) is 5.92 Å². The highest BCUT2D eigenvalue weighted by Gasteiger charge is 2.22. The van der Waals surface area contributed by atoms with E-state index in [1.807, 2.05) is 25.1 Å². The van der Waals surface area contributed by atoms with Crippen LogP contribution in [-0.4, -0.2) is 12.9 Å². The highest BCUT2D eigenvalue weighted by Crippen LogP contribution is 2.28. The van der Waals surface area contributed by atoms with Crippen LogP contribution in [0.1, 0.15) is 54.4 Å². The van der Waals surface area contributed by atoms with Crippen molar-refractivity contribution < 1.29 is 9.53 Å². The van der Waals surface area contributed by atoms with E-state index < -0.39 is 0 Å². The van der Waals surface area contributed by atoms with Gasteiger partial charge in [0, 0.05) is 11.5 Å². The van der Waals surface area contributed by atoms with Gasteiger partial charge in [0.25, 0.3) is 0 Å². The zero-order chi connectivity index (χ0) is 13.0. The predicted molar refractivity (Wildman–Crippen MR) is 73.3 cm³/mol. The summed E-state index contributed by atoms with van der Waals surface area (Å²) in [5.41, 5.74) is 1.91. The minimum absolute atomic E-state index is 0.236. The molecule has 1 aromatic rings. The molecule has 0 amide bonds. The van der Waals surface area contributed by atoms with Gasteiger partial charge < -0.3 is 4.74 Å². The molecule has 2 nitrogen and oxygen atoms in total. The highest BCUT2D eigenvalue weighted by molar-refractivity contribution is 5.99. The number of Topliss-reactive ketones (excluding diaryl/α,β-unsaturated/α-hetero) is 1. The quantitative estimate of drug-likeness (QED) is 0.591. The second-order valence-corrected chi connectivity index (χ2v) is 5.23. The maximum Gasteiger partial charge on any atom is 0.166 e. The number of benzene rings is 1. The Morgan fingerprint density at radius 3 is 2.39 bits per heavy atom. The Balaban J connectivity index is 2.16. The zero-order valence-corrected chi connectivity index (χ0v) is 11.4. The van der Waals surface area contributed by atoms with E-state index in [4.69, 9.17) is 4.74 Å². The lowest BCUT2D eigenvalue weighted by atomic mass is 9.89. The molecule has 18 heavy (non-hydrogen) atoms. The zero-order valence-electron chi connectivity index (χ0n) is 11.4. The average molecular weight is 246 g/mol. The summed E-state index contributed by atoms with van der Waals surface area (Å²) in [6.07, 6.45) is 7.09. The maximum atomic E-state index is 12.5. The van der Waals surface area contributed by atoms with Crippen molar-refractivity contribution in [2.75, 3.05) is 7.11 Å². The Bertz CT molecular complexity index is 415. The van der Waals surface area contributed by atoms with Gasteiger partial charge in [-0.05, 0) is 43.5 Å². The molecule has 0 aromatic heterocycles. The summed E-state index contributed by atoms with van der Waals surface area (Å²) in [6, 6.07) is 5.75. The van der Waals surface area contributed by atoms with E-state index in [1.54, 1.807) is 7.11 Å². The van der Waals surface area contributed by atoms with Crippen molar-refractivity contribution in [1.29, 1.82) is 0 Å². The lowest BCUT2D eigenvalue weighted by molar-refractivity contribution is 0.0907. The van der Waals surface area contributed by atoms with Crippen molar-refractivity contribution in [3.05, 3.63) is 29.3 Å². The molecule has 98 valence electrons. The van der Waals surface area contributed by atoms with Crippen LogP contribution < -0.4 is 4.74 Å². The van der Waals surface area contributed by atoms with Gasteiger partial charge in [0.1, 0.15) is 5.75 Å². The lowest BCUT2D eigenvalue weighted by Gasteiger charge is -2.15. The maximum absolute atomic E-state index is 12.5. The largest absolute Gasteiger partial charge is 0.497 e. The molecule has 0 bridgehead atoms. The molecule has 1 aliphatic carbocycles. The van der Waals surface area contributed by atoms with Crippen molar-refractivity contribution in [3.63, 3.8) is 0 Å². The fraction of sp³-hybridized carbons (Fsp3) is 0.562. The molecule has 1 aliphatic rings. The van der Waals surface area contributed by atoms with Crippen LogP contribution in [0.5, 0.6) is 5.75 Å². The van der Waals surface area contributed by atoms with Crippen molar-refractivity contribution in [3.8, 4) is 5.75 Å². The first-order valence-corrected chi connectivity index (χ1v) is 6.91. The Morgan fingerprint density at radius 2 is 1.83 bits per heavy atom. The number of carbonyl (C=O) groups excluding carboxylic acids is 1. The molecule has 0 radical (unpaired) electrons. The minimum atomic E-state index is 0.236. The molecular formula is C16H22O2. The number of carbonyl (C=O) groups is 1. The standard InChI is InChI=1S/C16H22O2/c1-12-11-14(18-2)9-10-15(12)16(17)13-7-5-3-4-6-8-13/h9-11,13H,3-8H2,1-2H3. The molecule has 0 atom stereocenters. The van der Waals surface area contributed by atoms with E-state index >= 15 is 0 Å². The molecule has 2 rings (SSSR count). The van der Waals surface area contributed by atoms with Crippen molar-refractivity contribution in [2.45, 2.75) is 45.4 Å². The second-order valence-electron chi connectivity index (χ2n) is 5.23. The molecule has 0 spiro atoms. The van der Waals surface area contributed by atoms with Crippen LogP contribution in [0.25, 0.3) is 0 Å². The Labute approximate surface area is 109 Å². The minimum Gasteiger partial charge on any atom is -0.497 e. The average Bonchev–Trinajstić information content (AvgIpc) is 2.66. The predicted octanol–water partition coefficient (Wildman–Crippen LogP) is 4.16. The summed E-state index contributed by atoms with van der Waals surface area (Å²) in [6.45, 7) is 1.99. The van der Waals surface area contributed by atoms with Gasteiger partial charge in [0.05, 0.1) is 7.11 Å². The molecule has 1 aromatic carbocycles. The number of rotatable bonds is 3. The van der Waals surface area contributed by atoms with Crippen LogP contribution in [0.15, 0.2) is 18.2 Å². The molecule has 0 heterocycles. The third-order valence-corrected chi connectivity index (χ3v) is 3.92. The molecule has 0 aliphatic heterocycles. The lowest BCUT2D eigenvalue weighted by Crippen LogP contribution is -2.15. The van der Waals surface area contributed by atoms with Crippen molar-refractivity contribution in [1.82, 2.24) is 0 Å². The first-order chi connectivity index (χ1) is 8.72. The number of hydrogen-bond donors (Lipinski definition) is 0. The van der Waals surface area contributed by atoms with E-state index in [0.717, 1.165) is 29.7 Å². The van der Waals surface area contributed by atoms with Crippen LogP contribution >= 0.6 is 0 Å². The topological polar surface area (TPSA) is 26.3 Å². The van der Waals surface area contributed by atoms with E-state index in [0.29, 0.717) is 5.78 Å². The van der Waals surface area contributed by atoms with E-state index in [-0.39, 0.29) is 5.92 Å². The van der Waals surface area contributed by atoms with Gasteiger partial charge in [-0.3, -0.25) is 4.79 Å². The first kappa shape index (κ1) is 13.1. The monoisotopic (exact) mass is 246 g/mol. The summed E-state index contributed by atoms with van der Waals surface area (Å²) in [7, 11) is 1.65. The van der Waals surface area contributed by atoms with E-state index in [1.165, 1.54) is 25.7 Å². The van der Waals surface area contributed by atoms with Gasteiger partial charge >= 0.3 is 0 Å². The van der Waals surface area contributed by atoms with Crippen LogP contribution in [0, 0.1) is 12.8 Å². The highest BCUT2D eigenvalue weighted by atomic mass is 16.5. The van der Waals surface area contributed by atoms with Crippen LogP contribution in [-0.2, 0) is 0 Å². The number of hydrogen-bond acceptors (Lipinski definition) is 2. The van der Waals surface area contributed by atoms with E-state index in [2.05, 4.69) is 0 Å². The molecule has 0 saturated heterocycles. The summed E-state index contributed by atoms with van der Waals surface area (Å²) in [5, 5.41) is 0. The normalized spacial score (nSPS) is 17.2. The molecule has 0 N–H and O–H groups in total.